The quantitative estimate of drug-likeness (QED) is 0.771. The third kappa shape index (κ3) is 5.88. The average Bonchev–Trinajstić information content (AvgIpc) is 2.62. The maximum absolute atomic E-state index is 11.4. The Hall–Kier alpha value is -0.870. The van der Waals surface area contributed by atoms with Gasteiger partial charge in [-0.1, -0.05) is 6.07 Å². The molecule has 0 bridgehead atoms. The third-order valence-corrected chi connectivity index (χ3v) is 2.86. The second kappa shape index (κ2) is 6.01. The standard InChI is InChI=1S/C12H20N2OS/c1-12(2,3)14-11(15)9-13-7-6-10-5-4-8-16-10/h4-5,8,13H,6-7,9H2,1-3H3,(H,14,15). The zero-order valence-electron chi connectivity index (χ0n) is 10.2. The second-order valence-corrected chi connectivity index (χ2v) is 5.84. The molecule has 0 saturated heterocycles. The van der Waals surface area contributed by atoms with Gasteiger partial charge in [-0.05, 0) is 38.6 Å². The number of rotatable bonds is 5. The van der Waals surface area contributed by atoms with Gasteiger partial charge in [0.2, 0.25) is 5.91 Å². The van der Waals surface area contributed by atoms with E-state index >= 15 is 0 Å². The van der Waals surface area contributed by atoms with Crippen LogP contribution in [0.25, 0.3) is 0 Å². The lowest BCUT2D eigenvalue weighted by atomic mass is 10.1. The summed E-state index contributed by atoms with van der Waals surface area (Å²) in [5.74, 6) is 0.0543. The molecule has 0 saturated carbocycles. The molecule has 3 nitrogen and oxygen atoms in total. The Morgan fingerprint density at radius 1 is 1.44 bits per heavy atom. The Kier molecular flexibility index (Phi) is 4.96. The predicted molar refractivity (Wildman–Crippen MR) is 68.8 cm³/mol. The maximum Gasteiger partial charge on any atom is 0.234 e. The summed E-state index contributed by atoms with van der Waals surface area (Å²) in [5.41, 5.74) is -0.146. The van der Waals surface area contributed by atoms with Crippen LogP contribution in [0.15, 0.2) is 17.5 Å². The largest absolute Gasteiger partial charge is 0.350 e. The van der Waals surface area contributed by atoms with Crippen molar-refractivity contribution in [1.29, 1.82) is 0 Å². The van der Waals surface area contributed by atoms with E-state index in [9.17, 15) is 4.79 Å². The van der Waals surface area contributed by atoms with Gasteiger partial charge < -0.3 is 10.6 Å². The summed E-state index contributed by atoms with van der Waals surface area (Å²) in [6, 6.07) is 4.16. The molecule has 1 amide bonds. The van der Waals surface area contributed by atoms with E-state index in [0.717, 1.165) is 13.0 Å². The molecule has 0 aliphatic carbocycles. The first-order valence-corrected chi connectivity index (χ1v) is 6.39. The van der Waals surface area contributed by atoms with Crippen LogP contribution in [0.5, 0.6) is 0 Å². The monoisotopic (exact) mass is 240 g/mol. The van der Waals surface area contributed by atoms with Crippen molar-refractivity contribution in [2.24, 2.45) is 0 Å². The maximum atomic E-state index is 11.4. The zero-order valence-corrected chi connectivity index (χ0v) is 11.0. The molecule has 0 aliphatic rings. The molecule has 90 valence electrons. The van der Waals surface area contributed by atoms with E-state index in [2.05, 4.69) is 22.1 Å². The highest BCUT2D eigenvalue weighted by Crippen LogP contribution is 2.07. The van der Waals surface area contributed by atoms with Crippen LogP contribution in [0, 0.1) is 0 Å². The fourth-order valence-electron chi connectivity index (χ4n) is 1.33. The lowest BCUT2D eigenvalue weighted by Crippen LogP contribution is -2.45. The fourth-order valence-corrected chi connectivity index (χ4v) is 2.04. The summed E-state index contributed by atoms with van der Waals surface area (Å²) >= 11 is 1.75. The Labute approximate surface area is 101 Å². The molecule has 2 N–H and O–H groups in total. The van der Waals surface area contributed by atoms with Crippen molar-refractivity contribution in [3.63, 3.8) is 0 Å². The molecule has 1 heterocycles. The van der Waals surface area contributed by atoms with Crippen LogP contribution in [0.4, 0.5) is 0 Å². The molecule has 0 fully saturated rings. The van der Waals surface area contributed by atoms with Gasteiger partial charge in [0.1, 0.15) is 0 Å². The summed E-state index contributed by atoms with van der Waals surface area (Å²) in [7, 11) is 0. The second-order valence-electron chi connectivity index (χ2n) is 4.80. The number of carbonyl (C=O) groups is 1. The Morgan fingerprint density at radius 2 is 2.19 bits per heavy atom. The van der Waals surface area contributed by atoms with E-state index in [0.29, 0.717) is 6.54 Å². The van der Waals surface area contributed by atoms with E-state index < -0.39 is 0 Å². The number of hydrogen-bond donors (Lipinski definition) is 2. The summed E-state index contributed by atoms with van der Waals surface area (Å²) in [6.45, 7) is 7.18. The molecule has 0 radical (unpaired) electrons. The van der Waals surface area contributed by atoms with Crippen molar-refractivity contribution in [3.05, 3.63) is 22.4 Å². The lowest BCUT2D eigenvalue weighted by Gasteiger charge is -2.20. The van der Waals surface area contributed by atoms with E-state index in [1.165, 1.54) is 4.88 Å². The zero-order chi connectivity index (χ0) is 12.0. The van der Waals surface area contributed by atoms with Crippen molar-refractivity contribution in [2.45, 2.75) is 32.7 Å². The first kappa shape index (κ1) is 13.2. The molecule has 0 aromatic carbocycles. The SMILES string of the molecule is CC(C)(C)NC(=O)CNCCc1cccs1. The molecule has 0 aliphatic heterocycles. The number of carbonyl (C=O) groups excluding carboxylic acids is 1. The van der Waals surface area contributed by atoms with Crippen molar-refractivity contribution in [1.82, 2.24) is 10.6 Å². The van der Waals surface area contributed by atoms with Gasteiger partial charge in [0.15, 0.2) is 0 Å². The molecule has 0 unspecified atom stereocenters. The molecular formula is C12H20N2OS. The minimum atomic E-state index is -0.146. The number of amides is 1. The van der Waals surface area contributed by atoms with E-state index in [-0.39, 0.29) is 11.4 Å². The molecule has 1 aromatic rings. The highest BCUT2D eigenvalue weighted by molar-refractivity contribution is 7.09. The van der Waals surface area contributed by atoms with Crippen LogP contribution in [0.2, 0.25) is 0 Å². The molecule has 1 rings (SSSR count). The molecule has 0 atom stereocenters. The minimum Gasteiger partial charge on any atom is -0.350 e. The topological polar surface area (TPSA) is 41.1 Å². The molecular weight excluding hydrogens is 220 g/mol. The van der Waals surface area contributed by atoms with Crippen LogP contribution in [0.3, 0.4) is 0 Å². The van der Waals surface area contributed by atoms with Gasteiger partial charge in [-0.25, -0.2) is 0 Å². The van der Waals surface area contributed by atoms with Crippen molar-refractivity contribution < 1.29 is 4.79 Å². The van der Waals surface area contributed by atoms with Gasteiger partial charge in [0, 0.05) is 17.0 Å². The van der Waals surface area contributed by atoms with Crippen LogP contribution in [-0.4, -0.2) is 24.5 Å². The number of nitrogens with one attached hydrogen (secondary N) is 2. The highest BCUT2D eigenvalue weighted by atomic mass is 32.1. The van der Waals surface area contributed by atoms with Gasteiger partial charge in [0.25, 0.3) is 0 Å². The smallest absolute Gasteiger partial charge is 0.234 e. The van der Waals surface area contributed by atoms with Crippen LogP contribution in [0.1, 0.15) is 25.6 Å². The molecule has 0 spiro atoms. The van der Waals surface area contributed by atoms with E-state index in [1.807, 2.05) is 26.8 Å². The molecule has 16 heavy (non-hydrogen) atoms. The van der Waals surface area contributed by atoms with Crippen LogP contribution < -0.4 is 10.6 Å². The van der Waals surface area contributed by atoms with Gasteiger partial charge >= 0.3 is 0 Å². The van der Waals surface area contributed by atoms with Crippen LogP contribution in [-0.2, 0) is 11.2 Å². The van der Waals surface area contributed by atoms with E-state index in [1.54, 1.807) is 11.3 Å². The number of thiophene rings is 1. The van der Waals surface area contributed by atoms with Crippen LogP contribution >= 0.6 is 11.3 Å². The average molecular weight is 240 g/mol. The predicted octanol–water partition coefficient (Wildman–Crippen LogP) is 1.79. The van der Waals surface area contributed by atoms with Gasteiger partial charge in [-0.2, -0.15) is 0 Å². The molecule has 1 aromatic heterocycles. The highest BCUT2D eigenvalue weighted by Gasteiger charge is 2.12. The first-order chi connectivity index (χ1) is 7.47. The lowest BCUT2D eigenvalue weighted by molar-refractivity contribution is -0.121. The summed E-state index contributed by atoms with van der Waals surface area (Å²) in [5, 5.41) is 8.13. The molecule has 4 heteroatoms. The normalized spacial score (nSPS) is 11.4. The van der Waals surface area contributed by atoms with E-state index in [4.69, 9.17) is 0 Å². The first-order valence-electron chi connectivity index (χ1n) is 5.51. The minimum absolute atomic E-state index is 0.0543. The summed E-state index contributed by atoms with van der Waals surface area (Å²) < 4.78 is 0. The summed E-state index contributed by atoms with van der Waals surface area (Å²) in [6.07, 6.45) is 0.987. The Balaban J connectivity index is 2.09. The fraction of sp³-hybridized carbons (Fsp3) is 0.583. The third-order valence-electron chi connectivity index (χ3n) is 1.93. The Bertz CT molecular complexity index is 314. The van der Waals surface area contributed by atoms with Gasteiger partial charge in [-0.3, -0.25) is 4.79 Å². The van der Waals surface area contributed by atoms with Crippen molar-refractivity contribution in [2.75, 3.05) is 13.1 Å². The number of hydrogen-bond acceptors (Lipinski definition) is 3. The van der Waals surface area contributed by atoms with Crippen molar-refractivity contribution in [3.8, 4) is 0 Å². The summed E-state index contributed by atoms with van der Waals surface area (Å²) in [4.78, 5) is 12.8. The van der Waals surface area contributed by atoms with Crippen molar-refractivity contribution >= 4 is 17.2 Å². The Morgan fingerprint density at radius 3 is 2.75 bits per heavy atom. The van der Waals surface area contributed by atoms with Gasteiger partial charge in [0.05, 0.1) is 6.54 Å². The van der Waals surface area contributed by atoms with Gasteiger partial charge in [-0.15, -0.1) is 11.3 Å².